The Hall–Kier alpha value is -2.57. The highest BCUT2D eigenvalue weighted by Crippen LogP contribution is 2.51. The summed E-state index contributed by atoms with van der Waals surface area (Å²) in [5, 5.41) is 16.2. The Balaban J connectivity index is 1.58. The number of amides is 1. The van der Waals surface area contributed by atoms with Crippen molar-refractivity contribution in [2.45, 2.75) is 23.9 Å². The smallest absolute Gasteiger partial charge is 0.230 e. The maximum absolute atomic E-state index is 13.1. The van der Waals surface area contributed by atoms with Crippen LogP contribution in [-0.2, 0) is 15.8 Å². The van der Waals surface area contributed by atoms with Crippen LogP contribution in [0.15, 0.2) is 64.6 Å². The molecule has 2 heterocycles. The lowest BCUT2D eigenvalue weighted by Crippen LogP contribution is -2.44. The van der Waals surface area contributed by atoms with Gasteiger partial charge in [-0.25, -0.2) is 0 Å². The Morgan fingerprint density at radius 3 is 2.70 bits per heavy atom. The molecule has 1 aliphatic carbocycles. The van der Waals surface area contributed by atoms with Crippen LogP contribution in [0.2, 0.25) is 0 Å². The third-order valence-corrected chi connectivity index (χ3v) is 6.19. The van der Waals surface area contributed by atoms with Gasteiger partial charge in [0.15, 0.2) is 5.60 Å². The summed E-state index contributed by atoms with van der Waals surface area (Å²) in [6.07, 6.45) is 3.04. The van der Waals surface area contributed by atoms with E-state index in [-0.39, 0.29) is 12.5 Å². The number of methoxy groups -OCH3 is 1. The van der Waals surface area contributed by atoms with E-state index in [1.54, 1.807) is 19.2 Å². The molecule has 4 rings (SSSR count). The van der Waals surface area contributed by atoms with Gasteiger partial charge in [-0.3, -0.25) is 4.79 Å². The largest absolute Gasteiger partial charge is 0.496 e. The van der Waals surface area contributed by atoms with E-state index in [9.17, 15) is 9.90 Å². The monoisotopic (exact) mass is 383 g/mol. The molecule has 1 aromatic carbocycles. The van der Waals surface area contributed by atoms with Crippen molar-refractivity contribution in [3.05, 3.63) is 76.4 Å². The van der Waals surface area contributed by atoms with E-state index in [1.165, 1.54) is 17.6 Å². The SMILES string of the molecule is COc1ccccc1C1(C(=O)NCC(O)(c2ccco2)c2cccs2)CC1. The molecule has 1 amide bonds. The number of carbonyl (C=O) groups is 1. The fourth-order valence-corrected chi connectivity index (χ4v) is 4.31. The first kappa shape index (κ1) is 17.8. The molecule has 1 fully saturated rings. The Morgan fingerprint density at radius 1 is 1.26 bits per heavy atom. The van der Waals surface area contributed by atoms with Crippen molar-refractivity contribution in [3.8, 4) is 5.75 Å². The molecule has 0 aliphatic heterocycles. The molecule has 1 saturated carbocycles. The molecule has 5 nitrogen and oxygen atoms in total. The van der Waals surface area contributed by atoms with E-state index >= 15 is 0 Å². The Morgan fingerprint density at radius 2 is 2.07 bits per heavy atom. The first-order valence-electron chi connectivity index (χ1n) is 8.82. The van der Waals surface area contributed by atoms with E-state index in [4.69, 9.17) is 9.15 Å². The maximum atomic E-state index is 13.1. The highest BCUT2D eigenvalue weighted by atomic mass is 32.1. The van der Waals surface area contributed by atoms with Gasteiger partial charge in [0.25, 0.3) is 0 Å². The number of ether oxygens (including phenoxy) is 1. The van der Waals surface area contributed by atoms with Crippen molar-refractivity contribution >= 4 is 17.2 Å². The predicted molar refractivity (Wildman–Crippen MR) is 103 cm³/mol. The predicted octanol–water partition coefficient (Wildman–Crippen LogP) is 3.43. The number of hydrogen-bond acceptors (Lipinski definition) is 5. The summed E-state index contributed by atoms with van der Waals surface area (Å²) in [5.41, 5.74) is -1.10. The lowest BCUT2D eigenvalue weighted by atomic mass is 9.92. The second-order valence-corrected chi connectivity index (χ2v) is 7.73. The fourth-order valence-electron chi connectivity index (χ4n) is 3.48. The van der Waals surface area contributed by atoms with Crippen molar-refractivity contribution in [1.29, 1.82) is 0 Å². The molecule has 1 unspecified atom stereocenters. The van der Waals surface area contributed by atoms with Crippen LogP contribution in [-0.4, -0.2) is 24.7 Å². The normalized spacial score (nSPS) is 17.1. The van der Waals surface area contributed by atoms with Gasteiger partial charge in [-0.1, -0.05) is 24.3 Å². The van der Waals surface area contributed by atoms with Crippen LogP contribution in [0.25, 0.3) is 0 Å². The third kappa shape index (κ3) is 3.05. The Labute approximate surface area is 161 Å². The second kappa shape index (κ2) is 6.87. The molecule has 1 atom stereocenters. The van der Waals surface area contributed by atoms with E-state index in [0.717, 1.165) is 23.3 Å². The van der Waals surface area contributed by atoms with Crippen LogP contribution in [0.1, 0.15) is 29.0 Å². The lowest BCUT2D eigenvalue weighted by Gasteiger charge is -2.27. The highest BCUT2D eigenvalue weighted by Gasteiger charge is 2.53. The number of hydrogen-bond donors (Lipinski definition) is 2. The summed E-state index contributed by atoms with van der Waals surface area (Å²) in [7, 11) is 1.61. The van der Waals surface area contributed by atoms with Gasteiger partial charge in [-0.15, -0.1) is 11.3 Å². The van der Waals surface area contributed by atoms with Gasteiger partial charge < -0.3 is 19.6 Å². The number of rotatable bonds is 7. The van der Waals surface area contributed by atoms with Crippen LogP contribution in [0.4, 0.5) is 0 Å². The van der Waals surface area contributed by atoms with Crippen molar-refractivity contribution in [3.63, 3.8) is 0 Å². The maximum Gasteiger partial charge on any atom is 0.230 e. The Kier molecular flexibility index (Phi) is 4.53. The zero-order valence-corrected chi connectivity index (χ0v) is 15.8. The summed E-state index contributed by atoms with van der Waals surface area (Å²) in [6.45, 7) is 0.0385. The molecule has 6 heteroatoms. The zero-order chi connectivity index (χ0) is 18.9. The molecule has 0 saturated heterocycles. The van der Waals surface area contributed by atoms with Gasteiger partial charge >= 0.3 is 0 Å². The van der Waals surface area contributed by atoms with Gasteiger partial charge in [0.05, 0.1) is 25.3 Å². The molecule has 0 bridgehead atoms. The van der Waals surface area contributed by atoms with Crippen molar-refractivity contribution in [1.82, 2.24) is 5.32 Å². The number of furan rings is 1. The van der Waals surface area contributed by atoms with Crippen LogP contribution >= 0.6 is 11.3 Å². The van der Waals surface area contributed by atoms with Gasteiger partial charge in [-0.2, -0.15) is 0 Å². The molecule has 27 heavy (non-hydrogen) atoms. The van der Waals surface area contributed by atoms with Gasteiger partial charge in [-0.05, 0) is 42.5 Å². The van der Waals surface area contributed by atoms with Gasteiger partial charge in [0.1, 0.15) is 11.5 Å². The minimum Gasteiger partial charge on any atom is -0.496 e. The average molecular weight is 383 g/mol. The van der Waals surface area contributed by atoms with E-state index in [0.29, 0.717) is 11.5 Å². The molecule has 1 aliphatic rings. The third-order valence-electron chi connectivity index (χ3n) is 5.17. The topological polar surface area (TPSA) is 71.7 Å². The minimum atomic E-state index is -1.40. The number of aliphatic hydroxyl groups is 1. The molecular weight excluding hydrogens is 362 g/mol. The van der Waals surface area contributed by atoms with Gasteiger partial charge in [0.2, 0.25) is 5.91 Å². The number of carbonyl (C=O) groups excluding carboxylic acids is 1. The minimum absolute atomic E-state index is 0.0385. The summed E-state index contributed by atoms with van der Waals surface area (Å²) in [6, 6.07) is 14.8. The summed E-state index contributed by atoms with van der Waals surface area (Å²) in [4.78, 5) is 13.8. The Bertz CT molecular complexity index is 879. The molecule has 3 aromatic rings. The lowest BCUT2D eigenvalue weighted by molar-refractivity contribution is -0.124. The van der Waals surface area contributed by atoms with E-state index in [1.807, 2.05) is 41.8 Å². The fraction of sp³-hybridized carbons (Fsp3) is 0.286. The number of benzene rings is 1. The summed E-state index contributed by atoms with van der Waals surface area (Å²) >= 11 is 1.42. The summed E-state index contributed by atoms with van der Waals surface area (Å²) in [5.74, 6) is 1.02. The average Bonchev–Trinajstić information content (AvgIpc) is 3.11. The molecule has 2 N–H and O–H groups in total. The van der Waals surface area contributed by atoms with Crippen molar-refractivity contribution in [2.24, 2.45) is 0 Å². The first-order chi connectivity index (χ1) is 13.1. The molecule has 2 aromatic heterocycles. The van der Waals surface area contributed by atoms with Gasteiger partial charge in [0, 0.05) is 10.4 Å². The highest BCUT2D eigenvalue weighted by molar-refractivity contribution is 7.10. The molecule has 140 valence electrons. The van der Waals surface area contributed by atoms with E-state index in [2.05, 4.69) is 5.32 Å². The number of para-hydroxylation sites is 1. The first-order valence-corrected chi connectivity index (χ1v) is 9.70. The van der Waals surface area contributed by atoms with Crippen molar-refractivity contribution < 1.29 is 19.1 Å². The molecule has 0 radical (unpaired) electrons. The van der Waals surface area contributed by atoms with Crippen LogP contribution in [0.5, 0.6) is 5.75 Å². The molecular formula is C21H21NO4S. The number of thiophene rings is 1. The molecule has 0 spiro atoms. The quantitative estimate of drug-likeness (QED) is 0.656. The number of nitrogens with one attached hydrogen (secondary N) is 1. The van der Waals surface area contributed by atoms with Crippen LogP contribution in [0, 0.1) is 0 Å². The standard InChI is InChI=1S/C21H21NO4S/c1-25-16-7-3-2-6-15(16)20(10-11-20)19(23)22-14-21(24,17-8-4-12-26-17)18-9-5-13-27-18/h2-9,12-13,24H,10-11,14H2,1H3,(H,22,23). The van der Waals surface area contributed by atoms with Crippen LogP contribution in [0.3, 0.4) is 0 Å². The zero-order valence-electron chi connectivity index (χ0n) is 15.0. The van der Waals surface area contributed by atoms with Crippen molar-refractivity contribution in [2.75, 3.05) is 13.7 Å². The second-order valence-electron chi connectivity index (χ2n) is 6.78. The summed E-state index contributed by atoms with van der Waals surface area (Å²) < 4.78 is 10.9. The van der Waals surface area contributed by atoms with E-state index < -0.39 is 11.0 Å². The van der Waals surface area contributed by atoms with Crippen LogP contribution < -0.4 is 10.1 Å².